The Kier molecular flexibility index (Phi) is 19.2. The molecule has 0 aliphatic heterocycles. The fraction of sp³-hybridized carbons (Fsp3) is 0. The lowest BCUT2D eigenvalue weighted by Gasteiger charge is -2.09. The van der Waals surface area contributed by atoms with Crippen molar-refractivity contribution in [2.75, 3.05) is 0 Å². The molecular weight excluding hydrogens is 1720 g/mol. The molecule has 20 aromatic carbocycles. The first kappa shape index (κ1) is 78.6. The first-order valence-electron chi connectivity index (χ1n) is 43.8. The topological polar surface area (TPSA) is 67.3 Å². The zero-order valence-electron chi connectivity index (χ0n) is 70.4. The van der Waals surface area contributed by atoms with Crippen LogP contribution in [-0.2, 0) is 0 Å². The van der Waals surface area contributed by atoms with Crippen molar-refractivity contribution in [3.8, 4) is 72.7 Å². The molecule has 0 radical (unpaired) electrons. The molecule has 132 heavy (non-hydrogen) atoms. The molecule has 0 spiro atoms. The van der Waals surface area contributed by atoms with Crippen LogP contribution >= 0.6 is 57.7 Å². The summed E-state index contributed by atoms with van der Waals surface area (Å²) in [6.07, 6.45) is 0. The molecule has 0 saturated carbocycles. The van der Waals surface area contributed by atoms with E-state index in [-0.39, 0.29) is 0 Å². The van der Waals surface area contributed by atoms with Gasteiger partial charge < -0.3 is 31.4 Å². The zero-order valence-corrected chi connectivity index (χ0v) is 74.2. The van der Waals surface area contributed by atoms with Crippen LogP contribution in [-0.4, -0.2) is 13.7 Å². The maximum absolute atomic E-state index is 6.63. The van der Waals surface area contributed by atoms with E-state index in [1.807, 2.05) is 102 Å². The summed E-state index contributed by atoms with van der Waals surface area (Å²) >= 11 is 27.5. The second kappa shape index (κ2) is 32.2. The van der Waals surface area contributed by atoms with Gasteiger partial charge in [0.05, 0.1) is 38.1 Å². The molecule has 0 aliphatic rings. The number of rotatable bonds is 8. The van der Waals surface area contributed by atoms with Crippen LogP contribution in [0.25, 0.3) is 246 Å². The molecule has 0 saturated heterocycles. The second-order valence-corrected chi connectivity index (χ2v) is 36.1. The molecular formula is C120H71Cl4N3O4S. The minimum Gasteiger partial charge on any atom is -0.456 e. The SMILES string of the molecule is Clc1ccc2oc3ccc(-c4ccc5c(c4)c4ccccc4n5-c4ccccc4)cc3c2c1.Clc1ccc2oc3ccc(-c4ccc5sc6ccccc6c5c4)cc3c2c1.Clc1cccc2oc3ccc(-c4ccc5c6ccccc6n(-c6ccccc6)c5c4)cc3c12.Clc1ccccc1-c1cccc2oc3ccc(-c4ccc5c6ccccc6n(-c6ccccc6)c5c4)cc3c12. The van der Waals surface area contributed by atoms with Crippen LogP contribution in [0.2, 0.25) is 20.1 Å². The number of thiophene rings is 1. The molecule has 28 rings (SSSR count). The van der Waals surface area contributed by atoms with Gasteiger partial charge in [-0.1, -0.05) is 271 Å². The highest BCUT2D eigenvalue weighted by molar-refractivity contribution is 7.25. The second-order valence-electron chi connectivity index (χ2n) is 33.4. The number of benzene rings is 20. The third-order valence-corrected chi connectivity index (χ3v) is 28.0. The van der Waals surface area contributed by atoms with Crippen LogP contribution in [0.4, 0.5) is 0 Å². The number of para-hydroxylation sites is 6. The Labute approximate surface area is 779 Å². The van der Waals surface area contributed by atoms with Crippen molar-refractivity contribution in [3.05, 3.63) is 451 Å². The van der Waals surface area contributed by atoms with Gasteiger partial charge in [-0.25, -0.2) is 0 Å². The van der Waals surface area contributed by atoms with Crippen LogP contribution in [0.5, 0.6) is 0 Å². The number of nitrogens with zero attached hydrogens (tertiary/aromatic N) is 3. The molecule has 624 valence electrons. The highest BCUT2D eigenvalue weighted by Gasteiger charge is 2.23. The molecule has 0 atom stereocenters. The molecule has 0 unspecified atom stereocenters. The van der Waals surface area contributed by atoms with Gasteiger partial charge in [0.1, 0.15) is 44.7 Å². The van der Waals surface area contributed by atoms with Crippen molar-refractivity contribution in [3.63, 3.8) is 0 Å². The quantitative estimate of drug-likeness (QED) is 0.152. The summed E-state index contributed by atoms with van der Waals surface area (Å²) in [4.78, 5) is 0. The number of fused-ring (bicyclic) bond motifs is 24. The summed E-state index contributed by atoms with van der Waals surface area (Å²) in [5.41, 5.74) is 29.0. The Morgan fingerprint density at radius 2 is 0.492 bits per heavy atom. The zero-order chi connectivity index (χ0) is 87.8. The van der Waals surface area contributed by atoms with E-state index in [9.17, 15) is 0 Å². The van der Waals surface area contributed by atoms with Crippen LogP contribution in [0.1, 0.15) is 0 Å². The molecule has 0 fully saturated rings. The Morgan fingerprint density at radius 3 is 1.01 bits per heavy atom. The van der Waals surface area contributed by atoms with E-state index in [0.717, 1.165) is 148 Å². The van der Waals surface area contributed by atoms with E-state index < -0.39 is 0 Å². The predicted octanol–water partition coefficient (Wildman–Crippen LogP) is 37.0. The molecule has 0 aliphatic carbocycles. The average Bonchev–Trinajstić information content (AvgIpc) is 1.59. The van der Waals surface area contributed by atoms with E-state index >= 15 is 0 Å². The van der Waals surface area contributed by atoms with Crippen molar-refractivity contribution < 1.29 is 17.7 Å². The molecule has 8 aromatic heterocycles. The molecule has 0 bridgehead atoms. The lowest BCUT2D eigenvalue weighted by molar-refractivity contribution is 0.668. The fourth-order valence-corrected chi connectivity index (χ4v) is 21.6. The highest BCUT2D eigenvalue weighted by atomic mass is 35.5. The Morgan fingerprint density at radius 1 is 0.174 bits per heavy atom. The standard InChI is InChI=1S/C36H22ClNO.2C30H18ClNO.C24H13ClOS/c37-31-14-6-4-11-26(31)29-13-8-16-35-36(29)30-21-23(18-20-34(30)39-35)24-17-19-28-27-12-5-7-15-32(27)38(33(28)22-24)25-9-2-1-3-10-25;31-25-10-6-12-29-30(25)24-17-19(14-16-28(24)33-29)20-13-15-23-22-9-4-5-11-26(22)32(27(23)18-20)21-7-2-1-3-8-21;31-21-12-15-30-26(18-21)25-17-20(11-14-29(25)33-30)19-10-13-28-24(16-19)23-8-4-5-9-27(23)32(28)22-6-2-1-3-7-22;25-16-7-9-22-19(13-16)18-11-14(5-8-21(18)26-22)15-6-10-24-20(12-15)17-3-1-2-4-23(17)27-24/h1-22H;2*1-18H;1-13H. The number of halogens is 4. The monoisotopic (exact) mass is 1790 g/mol. The average molecular weight is 1790 g/mol. The van der Waals surface area contributed by atoms with Crippen molar-refractivity contribution in [1.82, 2.24) is 13.7 Å². The van der Waals surface area contributed by atoms with Gasteiger partial charge in [-0.2, -0.15) is 0 Å². The Bertz CT molecular complexity index is 9500. The molecule has 8 heterocycles. The van der Waals surface area contributed by atoms with Gasteiger partial charge in [0, 0.05) is 133 Å². The van der Waals surface area contributed by atoms with E-state index in [1.54, 1.807) is 0 Å². The smallest absolute Gasteiger partial charge is 0.136 e. The van der Waals surface area contributed by atoms with Gasteiger partial charge >= 0.3 is 0 Å². The van der Waals surface area contributed by atoms with Gasteiger partial charge in [-0.15, -0.1) is 11.3 Å². The first-order valence-corrected chi connectivity index (χ1v) is 46.1. The van der Waals surface area contributed by atoms with Gasteiger partial charge in [-0.05, 0) is 256 Å². The van der Waals surface area contributed by atoms with E-state index in [2.05, 4.69) is 353 Å². The minimum absolute atomic E-state index is 0.711. The van der Waals surface area contributed by atoms with Crippen LogP contribution < -0.4 is 0 Å². The molecule has 28 aromatic rings. The normalized spacial score (nSPS) is 11.8. The third-order valence-electron chi connectivity index (χ3n) is 25.7. The summed E-state index contributed by atoms with van der Waals surface area (Å²) in [5.74, 6) is 0. The fourth-order valence-electron chi connectivity index (χ4n) is 19.7. The van der Waals surface area contributed by atoms with Crippen molar-refractivity contribution >= 4 is 231 Å². The predicted molar refractivity (Wildman–Crippen MR) is 558 cm³/mol. The van der Waals surface area contributed by atoms with E-state index in [1.165, 1.54) is 108 Å². The highest BCUT2D eigenvalue weighted by Crippen LogP contribution is 2.47. The summed E-state index contributed by atoms with van der Waals surface area (Å²) in [5, 5.41) is 21.5. The summed E-state index contributed by atoms with van der Waals surface area (Å²) in [7, 11) is 0. The Hall–Kier alpha value is -15.6. The van der Waals surface area contributed by atoms with Crippen molar-refractivity contribution in [2.45, 2.75) is 0 Å². The van der Waals surface area contributed by atoms with Crippen LogP contribution in [0, 0.1) is 0 Å². The minimum atomic E-state index is 0.711. The maximum atomic E-state index is 6.63. The first-order chi connectivity index (χ1) is 65.1. The van der Waals surface area contributed by atoms with Gasteiger partial charge in [0.2, 0.25) is 0 Å². The maximum Gasteiger partial charge on any atom is 0.136 e. The molecule has 7 nitrogen and oxygen atoms in total. The summed E-state index contributed by atoms with van der Waals surface area (Å²) in [6.45, 7) is 0. The van der Waals surface area contributed by atoms with Gasteiger partial charge in [0.15, 0.2) is 0 Å². The number of aromatic nitrogens is 3. The summed E-state index contributed by atoms with van der Waals surface area (Å²) in [6, 6.07) is 150. The molecule has 0 amide bonds. The van der Waals surface area contributed by atoms with Crippen molar-refractivity contribution in [2.24, 2.45) is 0 Å². The molecule has 0 N–H and O–H groups in total. The summed E-state index contributed by atoms with van der Waals surface area (Å²) < 4.78 is 34.0. The number of hydrogen-bond donors (Lipinski definition) is 0. The van der Waals surface area contributed by atoms with Gasteiger partial charge in [-0.3, -0.25) is 0 Å². The van der Waals surface area contributed by atoms with E-state index in [4.69, 9.17) is 64.1 Å². The molecule has 12 heteroatoms. The third kappa shape index (κ3) is 13.6. The Balaban J connectivity index is 0.0000000952. The van der Waals surface area contributed by atoms with Crippen molar-refractivity contribution in [1.29, 1.82) is 0 Å². The van der Waals surface area contributed by atoms with E-state index in [0.29, 0.717) is 10.0 Å². The number of hydrogen-bond acceptors (Lipinski definition) is 5. The number of furan rings is 4. The largest absolute Gasteiger partial charge is 0.456 e. The van der Waals surface area contributed by atoms with Crippen LogP contribution in [0.15, 0.2) is 448 Å². The van der Waals surface area contributed by atoms with Crippen LogP contribution in [0.3, 0.4) is 0 Å². The van der Waals surface area contributed by atoms with Gasteiger partial charge in [0.25, 0.3) is 0 Å². The lowest BCUT2D eigenvalue weighted by Crippen LogP contribution is -1.93. The lowest BCUT2D eigenvalue weighted by atomic mass is 9.97.